The van der Waals surface area contributed by atoms with E-state index in [1.54, 1.807) is 17.3 Å². The van der Waals surface area contributed by atoms with Crippen molar-refractivity contribution in [3.8, 4) is 0 Å². The molecule has 0 saturated carbocycles. The summed E-state index contributed by atoms with van der Waals surface area (Å²) >= 11 is 2.27. The Balaban J connectivity index is 1.33. The van der Waals surface area contributed by atoms with Crippen molar-refractivity contribution < 1.29 is 19.1 Å². The number of urea groups is 1. The van der Waals surface area contributed by atoms with Gasteiger partial charge >= 0.3 is 6.03 Å². The Morgan fingerprint density at radius 1 is 1.27 bits per heavy atom. The van der Waals surface area contributed by atoms with Crippen molar-refractivity contribution >= 4 is 62.0 Å². The molecule has 0 spiro atoms. The van der Waals surface area contributed by atoms with Crippen LogP contribution < -0.4 is 10.6 Å². The molecule has 2 aromatic heterocycles. The van der Waals surface area contributed by atoms with Crippen LogP contribution in [-0.4, -0.2) is 95.4 Å². The largest absolute Gasteiger partial charge is 0.378 e. The number of ether oxygens (including phenoxy) is 2. The molecule has 11 heteroatoms. The van der Waals surface area contributed by atoms with Gasteiger partial charge in [-0.2, -0.15) is 0 Å². The molecule has 2 saturated heterocycles. The molecule has 3 amide bonds. The zero-order chi connectivity index (χ0) is 26.2. The quantitative estimate of drug-likeness (QED) is 0.378. The van der Waals surface area contributed by atoms with E-state index >= 15 is 0 Å². The summed E-state index contributed by atoms with van der Waals surface area (Å²) in [5.74, 6) is -0.137. The minimum absolute atomic E-state index is 0.0983. The number of hydrogen-bond acceptors (Lipinski definition) is 6. The number of nitrogens with one attached hydrogen (secondary N) is 3. The second-order valence-electron chi connectivity index (χ2n) is 10.4. The number of nitrogens with zero attached hydrogens (tertiary/aromatic N) is 3. The fourth-order valence-electron chi connectivity index (χ4n) is 5.09. The van der Waals surface area contributed by atoms with Crippen molar-refractivity contribution in [3.63, 3.8) is 0 Å². The summed E-state index contributed by atoms with van der Waals surface area (Å²) in [6.07, 6.45) is 3.56. The van der Waals surface area contributed by atoms with E-state index in [0.29, 0.717) is 39.4 Å². The predicted octanol–water partition coefficient (Wildman–Crippen LogP) is 3.17. The lowest BCUT2D eigenvalue weighted by molar-refractivity contribution is -0.143. The zero-order valence-electron chi connectivity index (χ0n) is 21.3. The molecule has 10 nitrogen and oxygen atoms in total. The third kappa shape index (κ3) is 5.84. The SMILES string of the molecule is C[C@@H](CN1CC(C)(C)OC[C@H]1C(=O)Nc1cc(I)cc2c1[nH]c1cnccc12)NC(=O)N1CCOCC1. The van der Waals surface area contributed by atoms with Crippen molar-refractivity contribution in [1.29, 1.82) is 0 Å². The molecule has 0 radical (unpaired) electrons. The van der Waals surface area contributed by atoms with Crippen LogP contribution in [0.5, 0.6) is 0 Å². The lowest BCUT2D eigenvalue weighted by atomic mass is 10.0. The van der Waals surface area contributed by atoms with E-state index < -0.39 is 11.6 Å². The highest BCUT2D eigenvalue weighted by molar-refractivity contribution is 14.1. The van der Waals surface area contributed by atoms with Crippen LogP contribution in [-0.2, 0) is 14.3 Å². The number of halogens is 1. The van der Waals surface area contributed by atoms with Crippen LogP contribution in [0.2, 0.25) is 0 Å². The smallest absolute Gasteiger partial charge is 0.317 e. The van der Waals surface area contributed by atoms with Gasteiger partial charge in [0, 0.05) is 52.8 Å². The number of benzene rings is 1. The predicted molar refractivity (Wildman–Crippen MR) is 151 cm³/mol. The first-order chi connectivity index (χ1) is 17.7. The van der Waals surface area contributed by atoms with E-state index in [1.807, 2.05) is 32.9 Å². The number of fused-ring (bicyclic) bond motifs is 3. The highest BCUT2D eigenvalue weighted by Crippen LogP contribution is 2.32. The Morgan fingerprint density at radius 2 is 2.05 bits per heavy atom. The molecule has 0 unspecified atom stereocenters. The van der Waals surface area contributed by atoms with Gasteiger partial charge in [0.2, 0.25) is 5.91 Å². The van der Waals surface area contributed by atoms with E-state index in [1.165, 1.54) is 0 Å². The third-order valence-electron chi connectivity index (χ3n) is 6.87. The summed E-state index contributed by atoms with van der Waals surface area (Å²) in [4.78, 5) is 37.8. The second kappa shape index (κ2) is 10.7. The van der Waals surface area contributed by atoms with Crippen LogP contribution in [0.1, 0.15) is 20.8 Å². The summed E-state index contributed by atoms with van der Waals surface area (Å²) in [5, 5.41) is 8.34. The average molecular weight is 620 g/mol. The Kier molecular flexibility index (Phi) is 7.57. The lowest BCUT2D eigenvalue weighted by Gasteiger charge is -2.44. The molecule has 2 aliphatic heterocycles. The van der Waals surface area contributed by atoms with Gasteiger partial charge in [-0.05, 0) is 61.6 Å². The molecule has 2 fully saturated rings. The van der Waals surface area contributed by atoms with Crippen molar-refractivity contribution in [2.45, 2.75) is 38.5 Å². The molecule has 4 heterocycles. The van der Waals surface area contributed by atoms with Gasteiger partial charge in [0.25, 0.3) is 0 Å². The van der Waals surface area contributed by atoms with Crippen LogP contribution in [0.25, 0.3) is 21.8 Å². The standard InChI is InChI=1S/C26H33IN6O4/c1-16(29-25(35)32-6-8-36-9-7-32)13-33-15-26(2,3)37-14-22(33)24(34)31-20-11-17(27)10-19-18-4-5-28-12-21(18)30-23(19)20/h4-5,10-12,16,22,30H,6-9,13-15H2,1-3H3,(H,29,35)(H,31,34)/t16-,22-/m0/s1. The van der Waals surface area contributed by atoms with Crippen LogP contribution in [0.3, 0.4) is 0 Å². The van der Waals surface area contributed by atoms with Gasteiger partial charge in [-0.3, -0.25) is 14.7 Å². The number of carbonyl (C=O) groups is 2. The average Bonchev–Trinajstić information content (AvgIpc) is 3.23. The van der Waals surface area contributed by atoms with Crippen LogP contribution in [0, 0.1) is 3.57 Å². The van der Waals surface area contributed by atoms with Crippen molar-refractivity contribution in [2.75, 3.05) is 51.3 Å². The maximum absolute atomic E-state index is 13.6. The molecule has 2 aliphatic rings. The molecular formula is C26H33IN6O4. The van der Waals surface area contributed by atoms with Gasteiger partial charge in [-0.25, -0.2) is 4.79 Å². The van der Waals surface area contributed by atoms with Gasteiger partial charge in [0.05, 0.1) is 48.3 Å². The lowest BCUT2D eigenvalue weighted by Crippen LogP contribution is -2.61. The molecule has 1 aromatic carbocycles. The minimum Gasteiger partial charge on any atom is -0.378 e. The van der Waals surface area contributed by atoms with E-state index in [4.69, 9.17) is 9.47 Å². The van der Waals surface area contributed by atoms with Crippen molar-refractivity contribution in [1.82, 2.24) is 25.1 Å². The number of carbonyl (C=O) groups excluding carboxylic acids is 2. The first-order valence-electron chi connectivity index (χ1n) is 12.6. The molecular weight excluding hydrogens is 587 g/mol. The molecule has 37 heavy (non-hydrogen) atoms. The monoisotopic (exact) mass is 620 g/mol. The third-order valence-corrected chi connectivity index (χ3v) is 7.49. The topological polar surface area (TPSA) is 112 Å². The number of aromatic nitrogens is 2. The number of aromatic amines is 1. The molecule has 2 atom stereocenters. The maximum atomic E-state index is 13.6. The van der Waals surface area contributed by atoms with Gasteiger partial charge in [-0.15, -0.1) is 0 Å². The van der Waals surface area contributed by atoms with E-state index in [-0.39, 0.29) is 24.6 Å². The molecule has 3 N–H and O–H groups in total. The highest BCUT2D eigenvalue weighted by atomic mass is 127. The van der Waals surface area contributed by atoms with Crippen molar-refractivity contribution in [2.24, 2.45) is 0 Å². The van der Waals surface area contributed by atoms with E-state index in [9.17, 15) is 9.59 Å². The summed E-state index contributed by atoms with van der Waals surface area (Å²) < 4.78 is 12.4. The normalized spacial score (nSPS) is 21.2. The Bertz CT molecular complexity index is 1300. The van der Waals surface area contributed by atoms with E-state index in [2.05, 4.69) is 54.2 Å². The molecule has 5 rings (SSSR count). The fourth-order valence-corrected chi connectivity index (χ4v) is 5.71. The summed E-state index contributed by atoms with van der Waals surface area (Å²) in [7, 11) is 0. The van der Waals surface area contributed by atoms with Gasteiger partial charge in [-0.1, -0.05) is 0 Å². The second-order valence-corrected chi connectivity index (χ2v) is 11.6. The molecule has 3 aromatic rings. The van der Waals surface area contributed by atoms with Gasteiger partial charge in [0.15, 0.2) is 0 Å². The highest BCUT2D eigenvalue weighted by Gasteiger charge is 2.38. The van der Waals surface area contributed by atoms with Gasteiger partial charge in [0.1, 0.15) is 6.04 Å². The van der Waals surface area contributed by atoms with Crippen LogP contribution >= 0.6 is 22.6 Å². The van der Waals surface area contributed by atoms with Gasteiger partial charge < -0.3 is 30.0 Å². The Labute approximate surface area is 229 Å². The molecule has 0 bridgehead atoms. The first-order valence-corrected chi connectivity index (χ1v) is 13.6. The molecule has 198 valence electrons. The number of anilines is 1. The van der Waals surface area contributed by atoms with Crippen LogP contribution in [0.15, 0.2) is 30.6 Å². The van der Waals surface area contributed by atoms with E-state index in [0.717, 1.165) is 31.1 Å². The maximum Gasteiger partial charge on any atom is 0.317 e. The Hall–Kier alpha value is -2.48. The number of hydrogen-bond donors (Lipinski definition) is 3. The number of H-pyrrole nitrogens is 1. The number of rotatable bonds is 5. The summed E-state index contributed by atoms with van der Waals surface area (Å²) in [5.41, 5.74) is 2.11. The number of morpholine rings is 2. The van der Waals surface area contributed by atoms with Crippen molar-refractivity contribution in [3.05, 3.63) is 34.2 Å². The molecule has 0 aliphatic carbocycles. The minimum atomic E-state index is -0.491. The zero-order valence-corrected chi connectivity index (χ0v) is 23.5. The summed E-state index contributed by atoms with van der Waals surface area (Å²) in [6, 6.07) is 5.30. The van der Waals surface area contributed by atoms with Crippen LogP contribution in [0.4, 0.5) is 10.5 Å². The first kappa shape index (κ1) is 26.1. The number of amides is 3. The Morgan fingerprint density at radius 3 is 2.84 bits per heavy atom. The summed E-state index contributed by atoms with van der Waals surface area (Å²) in [6.45, 7) is 9.66. The fraction of sp³-hybridized carbons (Fsp3) is 0.500. The number of pyridine rings is 1.